The summed E-state index contributed by atoms with van der Waals surface area (Å²) in [5.41, 5.74) is 4.64. The molecule has 0 bridgehead atoms. The van der Waals surface area contributed by atoms with E-state index >= 15 is 0 Å². The molecule has 4 rings (SSSR count). The SMILES string of the molecule is Cc1cc(/C=C2/C(=O)NC(=O)N(C)C2=O)c(C)n1-c1ccc(OCc2ccccc2C#N)cc1. The van der Waals surface area contributed by atoms with Crippen LogP contribution in [0.3, 0.4) is 0 Å². The number of benzene rings is 2. The fourth-order valence-electron chi connectivity index (χ4n) is 3.84. The third kappa shape index (κ3) is 4.19. The van der Waals surface area contributed by atoms with Gasteiger partial charge < -0.3 is 9.30 Å². The van der Waals surface area contributed by atoms with Gasteiger partial charge in [-0.2, -0.15) is 5.26 Å². The van der Waals surface area contributed by atoms with Gasteiger partial charge in [-0.3, -0.25) is 19.8 Å². The maximum Gasteiger partial charge on any atom is 0.331 e. The highest BCUT2D eigenvalue weighted by atomic mass is 16.5. The van der Waals surface area contributed by atoms with Gasteiger partial charge >= 0.3 is 6.03 Å². The molecular weight excluding hydrogens is 432 g/mol. The Morgan fingerprint density at radius 2 is 1.76 bits per heavy atom. The zero-order valence-corrected chi connectivity index (χ0v) is 19.0. The van der Waals surface area contributed by atoms with Crippen molar-refractivity contribution in [1.82, 2.24) is 14.8 Å². The van der Waals surface area contributed by atoms with Crippen LogP contribution < -0.4 is 10.1 Å². The number of amides is 4. The summed E-state index contributed by atoms with van der Waals surface area (Å²) in [4.78, 5) is 37.1. The van der Waals surface area contributed by atoms with Crippen LogP contribution in [-0.2, 0) is 16.2 Å². The van der Waals surface area contributed by atoms with Gasteiger partial charge in [0, 0.05) is 29.7 Å². The molecule has 3 aromatic rings. The van der Waals surface area contributed by atoms with Crippen molar-refractivity contribution in [2.24, 2.45) is 0 Å². The summed E-state index contributed by atoms with van der Waals surface area (Å²) in [5, 5.41) is 11.4. The fourth-order valence-corrected chi connectivity index (χ4v) is 3.84. The number of nitrogens with zero attached hydrogens (tertiary/aromatic N) is 3. The minimum atomic E-state index is -0.740. The summed E-state index contributed by atoms with van der Waals surface area (Å²) in [6, 6.07) is 18.1. The molecule has 0 aliphatic carbocycles. The van der Waals surface area contributed by atoms with Crippen LogP contribution in [0.25, 0.3) is 11.8 Å². The number of rotatable bonds is 5. The number of hydrogen-bond acceptors (Lipinski definition) is 5. The summed E-state index contributed by atoms with van der Waals surface area (Å²) in [5.74, 6) is -0.686. The number of hydrogen-bond donors (Lipinski definition) is 1. The van der Waals surface area contributed by atoms with Gasteiger partial charge in [0.15, 0.2) is 0 Å². The van der Waals surface area contributed by atoms with Crippen molar-refractivity contribution < 1.29 is 19.1 Å². The van der Waals surface area contributed by atoms with E-state index in [0.29, 0.717) is 16.9 Å². The molecule has 1 fully saturated rings. The van der Waals surface area contributed by atoms with Crippen molar-refractivity contribution >= 4 is 23.9 Å². The lowest BCUT2D eigenvalue weighted by Crippen LogP contribution is -2.52. The number of urea groups is 1. The molecule has 2 heterocycles. The molecule has 0 spiro atoms. The number of nitrogens with one attached hydrogen (secondary N) is 1. The van der Waals surface area contributed by atoms with Gasteiger partial charge in [-0.25, -0.2) is 4.79 Å². The molecule has 4 amide bonds. The average Bonchev–Trinajstić information content (AvgIpc) is 3.12. The molecule has 0 unspecified atom stereocenters. The molecular formula is C26H22N4O4. The Hall–Kier alpha value is -4.64. The molecule has 1 aromatic heterocycles. The third-order valence-electron chi connectivity index (χ3n) is 5.70. The Labute approximate surface area is 196 Å². The summed E-state index contributed by atoms with van der Waals surface area (Å²) < 4.78 is 7.85. The Bertz CT molecular complexity index is 1380. The maximum atomic E-state index is 12.4. The Morgan fingerprint density at radius 3 is 2.47 bits per heavy atom. The van der Waals surface area contributed by atoms with E-state index in [1.165, 1.54) is 13.1 Å². The molecule has 8 heteroatoms. The minimum absolute atomic E-state index is 0.0938. The lowest BCUT2D eigenvalue weighted by Gasteiger charge is -2.22. The predicted octanol–water partition coefficient (Wildman–Crippen LogP) is 3.64. The smallest absolute Gasteiger partial charge is 0.331 e. The molecule has 8 nitrogen and oxygen atoms in total. The van der Waals surface area contributed by atoms with Crippen LogP contribution in [0.1, 0.15) is 28.1 Å². The van der Waals surface area contributed by atoms with E-state index < -0.39 is 17.8 Å². The van der Waals surface area contributed by atoms with Gasteiger partial charge in [-0.1, -0.05) is 18.2 Å². The van der Waals surface area contributed by atoms with E-state index in [2.05, 4.69) is 11.4 Å². The summed E-state index contributed by atoms with van der Waals surface area (Å²) in [6.07, 6.45) is 1.50. The number of imide groups is 2. The summed E-state index contributed by atoms with van der Waals surface area (Å²) in [7, 11) is 1.32. The van der Waals surface area contributed by atoms with E-state index in [1.807, 2.05) is 66.9 Å². The quantitative estimate of drug-likeness (QED) is 0.468. The number of nitriles is 1. The van der Waals surface area contributed by atoms with Gasteiger partial charge in [0.25, 0.3) is 11.8 Å². The van der Waals surface area contributed by atoms with Crippen molar-refractivity contribution in [3.8, 4) is 17.5 Å². The van der Waals surface area contributed by atoms with E-state index in [1.54, 1.807) is 6.07 Å². The van der Waals surface area contributed by atoms with Crippen LogP contribution in [0.5, 0.6) is 5.75 Å². The second-order valence-electron chi connectivity index (χ2n) is 7.89. The Balaban J connectivity index is 1.57. The molecule has 170 valence electrons. The first-order chi connectivity index (χ1) is 16.3. The van der Waals surface area contributed by atoms with Crippen LogP contribution in [-0.4, -0.2) is 34.4 Å². The van der Waals surface area contributed by atoms with Crippen molar-refractivity contribution in [2.75, 3.05) is 7.05 Å². The number of carbonyl (C=O) groups is 3. The zero-order chi connectivity index (χ0) is 24.4. The average molecular weight is 454 g/mol. The molecule has 2 aromatic carbocycles. The van der Waals surface area contributed by atoms with Crippen LogP contribution in [0.4, 0.5) is 4.79 Å². The second kappa shape index (κ2) is 9.08. The van der Waals surface area contributed by atoms with Gasteiger partial charge in [0.2, 0.25) is 0 Å². The van der Waals surface area contributed by atoms with E-state index in [9.17, 15) is 19.6 Å². The highest BCUT2D eigenvalue weighted by Gasteiger charge is 2.33. The van der Waals surface area contributed by atoms with Gasteiger partial charge in [0.1, 0.15) is 17.9 Å². The number of ether oxygens (including phenoxy) is 1. The highest BCUT2D eigenvalue weighted by Crippen LogP contribution is 2.25. The van der Waals surface area contributed by atoms with Crippen LogP contribution in [0.15, 0.2) is 60.2 Å². The van der Waals surface area contributed by atoms with Crippen molar-refractivity contribution in [3.05, 3.63) is 88.2 Å². The summed E-state index contributed by atoms with van der Waals surface area (Å²) >= 11 is 0. The molecule has 0 atom stereocenters. The maximum absolute atomic E-state index is 12.4. The number of aromatic nitrogens is 1. The molecule has 34 heavy (non-hydrogen) atoms. The van der Waals surface area contributed by atoms with Crippen LogP contribution in [0.2, 0.25) is 0 Å². The Morgan fingerprint density at radius 1 is 1.06 bits per heavy atom. The number of aryl methyl sites for hydroxylation is 1. The van der Waals surface area contributed by atoms with Gasteiger partial charge in [-0.05, 0) is 61.9 Å². The zero-order valence-electron chi connectivity index (χ0n) is 19.0. The van der Waals surface area contributed by atoms with Crippen molar-refractivity contribution in [1.29, 1.82) is 5.26 Å². The number of carbonyl (C=O) groups excluding carboxylic acids is 3. The second-order valence-corrected chi connectivity index (χ2v) is 7.89. The Kier molecular flexibility index (Phi) is 6.02. The van der Waals surface area contributed by atoms with Crippen molar-refractivity contribution in [3.63, 3.8) is 0 Å². The normalized spacial score (nSPS) is 14.8. The third-order valence-corrected chi connectivity index (χ3v) is 5.70. The van der Waals surface area contributed by atoms with Gasteiger partial charge in [-0.15, -0.1) is 0 Å². The standard InChI is InChI=1S/C26H22N4O4/c1-16-12-20(13-23-24(31)28-26(33)29(3)25(23)32)17(2)30(16)21-8-10-22(11-9-21)34-15-19-7-5-4-6-18(19)14-27/h4-13H,15H2,1-3H3,(H,28,31,33)/b23-13-. The molecule has 1 N–H and O–H groups in total. The first-order valence-electron chi connectivity index (χ1n) is 10.6. The lowest BCUT2D eigenvalue weighted by molar-refractivity contribution is -0.129. The fraction of sp³-hybridized carbons (Fsp3) is 0.154. The van der Waals surface area contributed by atoms with E-state index in [4.69, 9.17) is 4.74 Å². The first-order valence-corrected chi connectivity index (χ1v) is 10.6. The molecule has 0 radical (unpaired) electrons. The first kappa shape index (κ1) is 22.6. The topological polar surface area (TPSA) is 104 Å². The highest BCUT2D eigenvalue weighted by molar-refractivity contribution is 6.30. The molecule has 1 saturated heterocycles. The van der Waals surface area contributed by atoms with Gasteiger partial charge in [0.05, 0.1) is 11.6 Å². The van der Waals surface area contributed by atoms with E-state index in [0.717, 1.165) is 27.5 Å². The van der Waals surface area contributed by atoms with Crippen molar-refractivity contribution in [2.45, 2.75) is 20.5 Å². The monoisotopic (exact) mass is 454 g/mol. The number of likely N-dealkylation sites (N-methyl/N-ethyl adjacent to an activating group) is 1. The van der Waals surface area contributed by atoms with Crippen LogP contribution in [0, 0.1) is 25.2 Å². The molecule has 1 aliphatic rings. The minimum Gasteiger partial charge on any atom is -0.489 e. The van der Waals surface area contributed by atoms with E-state index in [-0.39, 0.29) is 12.2 Å². The predicted molar refractivity (Wildman–Crippen MR) is 125 cm³/mol. The lowest BCUT2D eigenvalue weighted by atomic mass is 10.1. The molecule has 1 aliphatic heterocycles. The van der Waals surface area contributed by atoms with Crippen LogP contribution >= 0.6 is 0 Å². The molecule has 0 saturated carbocycles. The summed E-state index contributed by atoms with van der Waals surface area (Å²) in [6.45, 7) is 4.11. The largest absolute Gasteiger partial charge is 0.489 e. The number of barbiturate groups is 1.